The Balaban J connectivity index is 0.000000765. The molecule has 0 spiro atoms. The summed E-state index contributed by atoms with van der Waals surface area (Å²) in [6.07, 6.45) is 3.36. The molecule has 3 aromatic carbocycles. The lowest BCUT2D eigenvalue weighted by molar-refractivity contribution is -0.121. The van der Waals surface area contributed by atoms with Gasteiger partial charge in [-0.3, -0.25) is 9.69 Å². The van der Waals surface area contributed by atoms with E-state index in [1.807, 2.05) is 50.2 Å². The van der Waals surface area contributed by atoms with Crippen LogP contribution in [0.15, 0.2) is 90.8 Å². The first-order chi connectivity index (χ1) is 23.9. The van der Waals surface area contributed by atoms with Gasteiger partial charge < -0.3 is 19.5 Å². The summed E-state index contributed by atoms with van der Waals surface area (Å²) in [6, 6.07) is 22.6. The summed E-state index contributed by atoms with van der Waals surface area (Å²) in [4.78, 5) is 15.5. The van der Waals surface area contributed by atoms with Crippen LogP contribution in [0.2, 0.25) is 0 Å². The van der Waals surface area contributed by atoms with E-state index in [0.29, 0.717) is 31.1 Å². The van der Waals surface area contributed by atoms with Crippen LogP contribution < -0.4 is 14.8 Å². The molecule has 2 atom stereocenters. The Labute approximate surface area is 301 Å². The molecule has 0 bridgehead atoms. The van der Waals surface area contributed by atoms with Crippen molar-refractivity contribution >= 4 is 15.7 Å². The van der Waals surface area contributed by atoms with Gasteiger partial charge in [-0.25, -0.2) is 8.42 Å². The van der Waals surface area contributed by atoms with E-state index >= 15 is 0 Å². The summed E-state index contributed by atoms with van der Waals surface area (Å²) in [5, 5.41) is 3.03. The topological polar surface area (TPSA) is 94.2 Å². The van der Waals surface area contributed by atoms with E-state index in [-0.39, 0.29) is 35.0 Å². The molecular weight excluding hydrogens is 649 g/mol. The number of ether oxygens (including phenoxy) is 3. The Morgan fingerprint density at radius 1 is 1.04 bits per heavy atom. The maximum absolute atomic E-state index is 13.4. The minimum atomic E-state index is -3.60. The molecule has 2 aliphatic rings. The van der Waals surface area contributed by atoms with Crippen LogP contribution in [0, 0.1) is 5.92 Å². The fourth-order valence-corrected chi connectivity index (χ4v) is 8.01. The van der Waals surface area contributed by atoms with Crippen molar-refractivity contribution in [2.45, 2.75) is 89.4 Å². The smallest absolute Gasteiger partial charge is 0.224 e. The van der Waals surface area contributed by atoms with Crippen LogP contribution in [-0.4, -0.2) is 70.0 Å². The highest BCUT2D eigenvalue weighted by molar-refractivity contribution is 7.91. The van der Waals surface area contributed by atoms with Crippen molar-refractivity contribution in [3.05, 3.63) is 103 Å². The second kappa shape index (κ2) is 19.7. The zero-order valence-electron chi connectivity index (χ0n) is 31.0. The largest absolute Gasteiger partial charge is 0.497 e. The van der Waals surface area contributed by atoms with Gasteiger partial charge in [0.1, 0.15) is 17.1 Å². The fourth-order valence-electron chi connectivity index (χ4n) is 6.41. The van der Waals surface area contributed by atoms with Gasteiger partial charge >= 0.3 is 0 Å². The zero-order valence-corrected chi connectivity index (χ0v) is 31.8. The average Bonchev–Trinajstić information content (AvgIpc) is 3.09. The molecule has 2 unspecified atom stereocenters. The quantitative estimate of drug-likeness (QED) is 0.194. The third-order valence-electron chi connectivity index (χ3n) is 8.69. The fraction of sp³-hybridized carbons (Fsp3) is 0.488. The van der Waals surface area contributed by atoms with Crippen LogP contribution in [-0.2, 0) is 32.3 Å². The van der Waals surface area contributed by atoms with E-state index in [2.05, 4.69) is 56.3 Å². The van der Waals surface area contributed by atoms with Crippen LogP contribution in [0.25, 0.3) is 0 Å². The molecule has 9 heteroatoms. The van der Waals surface area contributed by atoms with Gasteiger partial charge in [-0.1, -0.05) is 82.1 Å². The van der Waals surface area contributed by atoms with Gasteiger partial charge in [0, 0.05) is 32.1 Å². The Morgan fingerprint density at radius 2 is 1.78 bits per heavy atom. The number of carbonyl (C=O) groups is 1. The number of hydrogen-bond donors (Lipinski definition) is 1. The number of carbonyl (C=O) groups excluding carboxylic acids is 1. The van der Waals surface area contributed by atoms with E-state index < -0.39 is 15.4 Å². The molecule has 2 heterocycles. The predicted molar refractivity (Wildman–Crippen MR) is 203 cm³/mol. The van der Waals surface area contributed by atoms with E-state index in [9.17, 15) is 13.2 Å². The summed E-state index contributed by atoms with van der Waals surface area (Å²) in [7, 11) is -2.08. The van der Waals surface area contributed by atoms with Crippen molar-refractivity contribution in [1.82, 2.24) is 10.2 Å². The van der Waals surface area contributed by atoms with Crippen molar-refractivity contribution in [1.29, 1.82) is 0 Å². The highest BCUT2D eigenvalue weighted by Gasteiger charge is 2.37. The van der Waals surface area contributed by atoms with Crippen LogP contribution in [0.1, 0.15) is 76.5 Å². The molecule has 0 aliphatic carbocycles. The van der Waals surface area contributed by atoms with E-state index in [1.165, 1.54) is 25.5 Å². The molecule has 0 aromatic heterocycles. The van der Waals surface area contributed by atoms with E-state index in [4.69, 9.17) is 14.2 Å². The van der Waals surface area contributed by atoms with Crippen LogP contribution in [0.4, 0.5) is 0 Å². The molecular formula is C41H58N2O6S. The lowest BCUT2D eigenvalue weighted by atomic mass is 9.84. The summed E-state index contributed by atoms with van der Waals surface area (Å²) in [5.41, 5.74) is 2.37. The molecule has 3 aromatic rings. The molecule has 1 amide bonds. The molecule has 5 rings (SSSR count). The summed E-state index contributed by atoms with van der Waals surface area (Å²) >= 11 is 0. The van der Waals surface area contributed by atoms with Crippen molar-refractivity contribution in [2.24, 2.45) is 5.92 Å². The zero-order chi connectivity index (χ0) is 36.7. The summed E-state index contributed by atoms with van der Waals surface area (Å²) in [6.45, 7) is 20.2. The average molecular weight is 707 g/mol. The number of benzene rings is 3. The number of sulfone groups is 1. The number of nitrogens with one attached hydrogen (secondary N) is 1. The predicted octanol–water partition coefficient (Wildman–Crippen LogP) is 7.62. The highest BCUT2D eigenvalue weighted by Crippen LogP contribution is 2.42. The molecule has 0 radical (unpaired) electrons. The number of rotatable bonds is 12. The lowest BCUT2D eigenvalue weighted by Gasteiger charge is -2.37. The van der Waals surface area contributed by atoms with Gasteiger partial charge in [0.2, 0.25) is 5.91 Å². The first-order valence-electron chi connectivity index (χ1n) is 17.7. The number of hydrogen-bond acceptors (Lipinski definition) is 7. The molecule has 274 valence electrons. The van der Waals surface area contributed by atoms with Gasteiger partial charge in [0.25, 0.3) is 0 Å². The first-order valence-corrected chi connectivity index (χ1v) is 19.4. The lowest BCUT2D eigenvalue weighted by Crippen LogP contribution is -2.47. The monoisotopic (exact) mass is 706 g/mol. The second-order valence-electron chi connectivity index (χ2n) is 14.0. The SMILES string of the molecule is C=C.CCCC(C)C.COc1cccc(S(=O)(=O)CC2CC(C)(C)Oc3ccc(CC(=O)NCC4CN(Cc5ccccc5)CCO4)cc32)c1. The van der Waals surface area contributed by atoms with Crippen molar-refractivity contribution in [3.8, 4) is 11.5 Å². The highest BCUT2D eigenvalue weighted by atomic mass is 32.2. The van der Waals surface area contributed by atoms with E-state index in [0.717, 1.165) is 36.7 Å². The third kappa shape index (κ3) is 12.9. The molecule has 50 heavy (non-hydrogen) atoms. The van der Waals surface area contributed by atoms with Crippen molar-refractivity contribution < 1.29 is 27.4 Å². The summed E-state index contributed by atoms with van der Waals surface area (Å²) in [5.74, 6) is 1.62. The molecule has 1 saturated heterocycles. The number of morpholine rings is 1. The molecule has 2 aliphatic heterocycles. The minimum Gasteiger partial charge on any atom is -0.497 e. The Kier molecular flexibility index (Phi) is 16.0. The van der Waals surface area contributed by atoms with Gasteiger partial charge in [0.05, 0.1) is 36.9 Å². The number of methoxy groups -OCH3 is 1. The maximum atomic E-state index is 13.4. The Morgan fingerprint density at radius 3 is 2.44 bits per heavy atom. The van der Waals surface area contributed by atoms with Crippen molar-refractivity contribution in [2.75, 3.05) is 39.1 Å². The first kappa shape index (κ1) is 40.8. The van der Waals surface area contributed by atoms with Crippen molar-refractivity contribution in [3.63, 3.8) is 0 Å². The van der Waals surface area contributed by atoms with Gasteiger partial charge in [-0.2, -0.15) is 0 Å². The standard InChI is InChI=1S/C33H40N2O6S.C6H14.C2H4/c1-33(2)19-26(23-42(37,38)29-11-7-10-27(18-29)39-3)30-16-25(12-13-31(30)41-33)17-32(36)34-20-28-22-35(14-15-40-28)21-24-8-5-4-6-9-24;1-4-5-6(2)3;1-2/h4-13,16,18,26,28H,14-15,17,19-23H2,1-3H3,(H,34,36);6H,4-5H2,1-3H3;1-2H2. The van der Waals surface area contributed by atoms with Gasteiger partial charge in [-0.15, -0.1) is 13.2 Å². The third-order valence-corrected chi connectivity index (χ3v) is 10.5. The summed E-state index contributed by atoms with van der Waals surface area (Å²) < 4.78 is 44.2. The molecule has 0 saturated carbocycles. The van der Waals surface area contributed by atoms with Crippen LogP contribution in [0.3, 0.4) is 0 Å². The second-order valence-corrected chi connectivity index (χ2v) is 16.0. The number of nitrogens with zero attached hydrogens (tertiary/aromatic N) is 1. The number of fused-ring (bicyclic) bond motifs is 1. The van der Waals surface area contributed by atoms with E-state index in [1.54, 1.807) is 24.3 Å². The minimum absolute atomic E-state index is 0.0614. The van der Waals surface area contributed by atoms with Crippen LogP contribution in [0.5, 0.6) is 11.5 Å². The Hall–Kier alpha value is -3.66. The normalized spacial score (nSPS) is 18.3. The maximum Gasteiger partial charge on any atom is 0.224 e. The molecule has 1 fully saturated rings. The molecule has 1 N–H and O–H groups in total. The molecule has 8 nitrogen and oxygen atoms in total. The van der Waals surface area contributed by atoms with Crippen LogP contribution >= 0.6 is 0 Å². The number of amides is 1. The van der Waals surface area contributed by atoms with Gasteiger partial charge in [-0.05, 0) is 67.1 Å². The van der Waals surface area contributed by atoms with Gasteiger partial charge in [0.15, 0.2) is 9.84 Å². The Bertz CT molecular complexity index is 1590.